The number of carbonyl (C=O) groups is 1. The Kier molecular flexibility index (Phi) is 5.29. The summed E-state index contributed by atoms with van der Waals surface area (Å²) in [5.74, 6) is 0.800. The van der Waals surface area contributed by atoms with E-state index in [-0.39, 0.29) is 5.78 Å². The lowest BCUT2D eigenvalue weighted by Gasteiger charge is -2.09. The number of para-hydroxylation sites is 1. The molecule has 0 aliphatic heterocycles. The maximum atomic E-state index is 12.6. The second-order valence-electron chi connectivity index (χ2n) is 7.20. The molecule has 0 amide bonds. The summed E-state index contributed by atoms with van der Waals surface area (Å²) in [6, 6.07) is 19.8. The second kappa shape index (κ2) is 8.19. The number of benzene rings is 2. The van der Waals surface area contributed by atoms with E-state index in [9.17, 15) is 4.79 Å². The Balaban J connectivity index is 1.52. The lowest BCUT2D eigenvalue weighted by Crippen LogP contribution is -2.09. The molecule has 29 heavy (non-hydrogen) atoms. The molecule has 2 aromatic heterocycles. The van der Waals surface area contributed by atoms with Crippen LogP contribution in [0.3, 0.4) is 0 Å². The van der Waals surface area contributed by atoms with Crippen LogP contribution >= 0.6 is 0 Å². The molecule has 0 atom stereocenters. The van der Waals surface area contributed by atoms with E-state index < -0.39 is 0 Å². The first-order valence-electron chi connectivity index (χ1n) is 9.59. The Hall–Kier alpha value is -3.60. The van der Waals surface area contributed by atoms with Crippen LogP contribution in [0.15, 0.2) is 66.9 Å². The second-order valence-corrected chi connectivity index (χ2v) is 7.20. The monoisotopic (exact) mass is 382 g/mol. The fourth-order valence-electron chi connectivity index (χ4n) is 3.31. The molecule has 5 heteroatoms. The summed E-state index contributed by atoms with van der Waals surface area (Å²) in [5, 5.41) is 3.23. The lowest BCUT2D eigenvalue weighted by molar-refractivity contribution is -0.117. The van der Waals surface area contributed by atoms with Crippen molar-refractivity contribution < 1.29 is 4.79 Å². The Morgan fingerprint density at radius 3 is 2.55 bits per heavy atom. The van der Waals surface area contributed by atoms with Crippen molar-refractivity contribution in [2.75, 3.05) is 5.32 Å². The molecular formula is C24H22N4O. The number of nitrogens with zero attached hydrogens (tertiary/aromatic N) is 3. The number of hydrogen-bond acceptors (Lipinski definition) is 5. The summed E-state index contributed by atoms with van der Waals surface area (Å²) in [5.41, 5.74) is 6.10. The fraction of sp³-hybridized carbons (Fsp3) is 0.167. The average Bonchev–Trinajstić information content (AvgIpc) is 2.69. The first-order valence-corrected chi connectivity index (χ1v) is 9.59. The van der Waals surface area contributed by atoms with Crippen molar-refractivity contribution in [3.05, 3.63) is 89.2 Å². The molecule has 0 aliphatic rings. The van der Waals surface area contributed by atoms with E-state index in [1.807, 2.05) is 68.4 Å². The number of fused-ring (bicyclic) bond motifs is 1. The van der Waals surface area contributed by atoms with Gasteiger partial charge in [0.15, 0.2) is 11.5 Å². The summed E-state index contributed by atoms with van der Waals surface area (Å²) < 4.78 is 0. The van der Waals surface area contributed by atoms with Crippen molar-refractivity contribution in [2.45, 2.75) is 26.7 Å². The highest BCUT2D eigenvalue weighted by molar-refractivity contribution is 5.84. The largest absolute Gasteiger partial charge is 0.339 e. The van der Waals surface area contributed by atoms with Gasteiger partial charge < -0.3 is 5.32 Å². The van der Waals surface area contributed by atoms with Crippen molar-refractivity contribution in [1.29, 1.82) is 0 Å². The predicted octanol–water partition coefficient (Wildman–Crippen LogP) is 4.74. The summed E-state index contributed by atoms with van der Waals surface area (Å²) in [7, 11) is 0. The number of pyridine rings is 1. The zero-order valence-corrected chi connectivity index (χ0v) is 16.5. The number of anilines is 2. The minimum atomic E-state index is 0.162. The van der Waals surface area contributed by atoms with Gasteiger partial charge in [0.2, 0.25) is 0 Å². The van der Waals surface area contributed by atoms with E-state index in [1.54, 1.807) is 6.20 Å². The Bertz CT molecular complexity index is 1170. The Labute approximate surface area is 169 Å². The maximum absolute atomic E-state index is 12.6. The molecule has 0 radical (unpaired) electrons. The summed E-state index contributed by atoms with van der Waals surface area (Å²) in [6.07, 6.45) is 2.45. The van der Waals surface area contributed by atoms with E-state index in [0.29, 0.717) is 29.8 Å². The van der Waals surface area contributed by atoms with Crippen LogP contribution in [0.1, 0.15) is 22.4 Å². The van der Waals surface area contributed by atoms with Crippen molar-refractivity contribution in [3.63, 3.8) is 0 Å². The normalized spacial score (nSPS) is 10.8. The van der Waals surface area contributed by atoms with Crippen LogP contribution in [-0.4, -0.2) is 20.7 Å². The number of rotatable bonds is 6. The van der Waals surface area contributed by atoms with Crippen molar-refractivity contribution in [1.82, 2.24) is 15.0 Å². The van der Waals surface area contributed by atoms with Gasteiger partial charge in [-0.25, -0.2) is 15.0 Å². The van der Waals surface area contributed by atoms with Gasteiger partial charge in [0.05, 0.1) is 6.20 Å². The van der Waals surface area contributed by atoms with Crippen LogP contribution in [-0.2, 0) is 17.6 Å². The molecule has 0 saturated heterocycles. The SMILES string of the molecule is Cc1cccc(CC(=O)Cc2cc3ncc(Nc4ccccc4)nc3nc2C)c1. The zero-order chi connectivity index (χ0) is 20.2. The maximum Gasteiger partial charge on any atom is 0.180 e. The highest BCUT2D eigenvalue weighted by Gasteiger charge is 2.11. The van der Waals surface area contributed by atoms with Gasteiger partial charge in [-0.05, 0) is 43.2 Å². The Morgan fingerprint density at radius 2 is 1.76 bits per heavy atom. The van der Waals surface area contributed by atoms with Gasteiger partial charge in [-0.15, -0.1) is 0 Å². The number of ketones is 1. The summed E-state index contributed by atoms with van der Waals surface area (Å²) in [4.78, 5) is 26.2. The van der Waals surface area contributed by atoms with E-state index in [1.165, 1.54) is 0 Å². The standard InChI is InChI=1S/C24H22N4O/c1-16-7-6-8-18(11-16)12-21(29)13-19-14-22-24(26-17(19)2)28-23(15-25-22)27-20-9-4-3-5-10-20/h3-11,14-15H,12-13H2,1-2H3,(H,26,27,28). The lowest BCUT2D eigenvalue weighted by atomic mass is 10.0. The van der Waals surface area contributed by atoms with Gasteiger partial charge in [0.1, 0.15) is 11.3 Å². The van der Waals surface area contributed by atoms with E-state index >= 15 is 0 Å². The Morgan fingerprint density at radius 1 is 0.931 bits per heavy atom. The van der Waals surface area contributed by atoms with Crippen molar-refractivity contribution >= 4 is 28.5 Å². The van der Waals surface area contributed by atoms with Crippen LogP contribution in [0.25, 0.3) is 11.2 Å². The molecule has 0 bridgehead atoms. The summed E-state index contributed by atoms with van der Waals surface area (Å²) >= 11 is 0. The molecule has 0 unspecified atom stereocenters. The summed E-state index contributed by atoms with van der Waals surface area (Å²) in [6.45, 7) is 3.94. The highest BCUT2D eigenvalue weighted by Crippen LogP contribution is 2.19. The topological polar surface area (TPSA) is 67.8 Å². The molecule has 2 heterocycles. The third kappa shape index (κ3) is 4.63. The molecule has 144 valence electrons. The molecule has 5 nitrogen and oxygen atoms in total. The van der Waals surface area contributed by atoms with Gasteiger partial charge in [-0.2, -0.15) is 0 Å². The zero-order valence-electron chi connectivity index (χ0n) is 16.5. The third-order valence-electron chi connectivity index (χ3n) is 4.75. The first-order chi connectivity index (χ1) is 14.1. The average molecular weight is 382 g/mol. The number of carbonyl (C=O) groups excluding carboxylic acids is 1. The molecule has 0 saturated carbocycles. The number of nitrogens with one attached hydrogen (secondary N) is 1. The van der Waals surface area contributed by atoms with E-state index in [0.717, 1.165) is 28.1 Å². The van der Waals surface area contributed by atoms with Crippen LogP contribution in [0.4, 0.5) is 11.5 Å². The minimum Gasteiger partial charge on any atom is -0.339 e. The van der Waals surface area contributed by atoms with Crippen LogP contribution in [0.2, 0.25) is 0 Å². The third-order valence-corrected chi connectivity index (χ3v) is 4.75. The van der Waals surface area contributed by atoms with Crippen molar-refractivity contribution in [3.8, 4) is 0 Å². The number of hydrogen-bond donors (Lipinski definition) is 1. The number of aryl methyl sites for hydroxylation is 2. The molecule has 0 fully saturated rings. The molecular weight excluding hydrogens is 360 g/mol. The smallest absolute Gasteiger partial charge is 0.180 e. The predicted molar refractivity (Wildman–Crippen MR) is 115 cm³/mol. The van der Waals surface area contributed by atoms with Crippen molar-refractivity contribution in [2.24, 2.45) is 0 Å². The molecule has 4 aromatic rings. The minimum absolute atomic E-state index is 0.162. The quantitative estimate of drug-likeness (QED) is 0.522. The van der Waals surface area contributed by atoms with Gasteiger partial charge >= 0.3 is 0 Å². The highest BCUT2D eigenvalue weighted by atomic mass is 16.1. The van der Waals surface area contributed by atoms with Gasteiger partial charge in [0.25, 0.3) is 0 Å². The fourth-order valence-corrected chi connectivity index (χ4v) is 3.31. The van der Waals surface area contributed by atoms with Gasteiger partial charge in [-0.1, -0.05) is 48.0 Å². The van der Waals surface area contributed by atoms with E-state index in [2.05, 4.69) is 26.3 Å². The van der Waals surface area contributed by atoms with Gasteiger partial charge in [-0.3, -0.25) is 4.79 Å². The number of Topliss-reactive ketones (excluding diaryl/α,β-unsaturated/α-hetero) is 1. The molecule has 2 aromatic carbocycles. The molecule has 1 N–H and O–H groups in total. The van der Waals surface area contributed by atoms with Crippen LogP contribution < -0.4 is 5.32 Å². The van der Waals surface area contributed by atoms with Gasteiger partial charge in [0, 0.05) is 24.2 Å². The first kappa shape index (κ1) is 18.7. The number of aromatic nitrogens is 3. The van der Waals surface area contributed by atoms with Crippen LogP contribution in [0.5, 0.6) is 0 Å². The molecule has 0 spiro atoms. The van der Waals surface area contributed by atoms with E-state index in [4.69, 9.17) is 0 Å². The molecule has 0 aliphatic carbocycles. The van der Waals surface area contributed by atoms with Crippen LogP contribution in [0, 0.1) is 13.8 Å². The molecule has 4 rings (SSSR count).